The lowest BCUT2D eigenvalue weighted by Crippen LogP contribution is -2.22. The van der Waals surface area contributed by atoms with Crippen LogP contribution >= 0.6 is 0 Å². The quantitative estimate of drug-likeness (QED) is 0.840. The Morgan fingerprint density at radius 3 is 2.48 bits per heavy atom. The number of amides is 1. The van der Waals surface area contributed by atoms with Crippen LogP contribution in [0.1, 0.15) is 16.7 Å². The van der Waals surface area contributed by atoms with Gasteiger partial charge in [0.2, 0.25) is 5.91 Å². The van der Waals surface area contributed by atoms with Crippen molar-refractivity contribution in [2.24, 2.45) is 0 Å². The van der Waals surface area contributed by atoms with E-state index in [1.54, 1.807) is 12.1 Å². The maximum absolute atomic E-state index is 12.9. The molecule has 0 aliphatic carbocycles. The smallest absolute Gasteiger partial charge is 0.416 e. The van der Waals surface area contributed by atoms with Crippen LogP contribution in [0.2, 0.25) is 0 Å². The highest BCUT2D eigenvalue weighted by Gasteiger charge is 2.32. The van der Waals surface area contributed by atoms with E-state index in [-0.39, 0.29) is 17.8 Å². The number of methoxy groups -OCH3 is 1. The molecule has 0 aromatic heterocycles. The Balaban J connectivity index is 2.05. The van der Waals surface area contributed by atoms with Crippen LogP contribution in [0.15, 0.2) is 36.4 Å². The lowest BCUT2D eigenvalue weighted by Gasteiger charge is -2.14. The van der Waals surface area contributed by atoms with Gasteiger partial charge in [0.25, 0.3) is 0 Å². The Bertz CT molecular complexity index is 773. The summed E-state index contributed by atoms with van der Waals surface area (Å²) in [4.78, 5) is 12.1. The molecule has 134 valence electrons. The third-order valence-electron chi connectivity index (χ3n) is 3.63. The van der Waals surface area contributed by atoms with Crippen LogP contribution in [0.3, 0.4) is 0 Å². The van der Waals surface area contributed by atoms with Gasteiger partial charge in [-0.1, -0.05) is 12.1 Å². The molecule has 25 heavy (non-hydrogen) atoms. The molecule has 0 saturated heterocycles. The maximum Gasteiger partial charge on any atom is 0.416 e. The molecule has 0 aliphatic rings. The fourth-order valence-corrected chi connectivity index (χ4v) is 2.33. The Morgan fingerprint density at radius 2 is 1.84 bits per heavy atom. The first-order valence-corrected chi connectivity index (χ1v) is 7.57. The summed E-state index contributed by atoms with van der Waals surface area (Å²) in [6.07, 6.45) is -4.43. The number of anilines is 2. The van der Waals surface area contributed by atoms with E-state index in [9.17, 15) is 18.0 Å². The van der Waals surface area contributed by atoms with E-state index >= 15 is 0 Å². The second kappa shape index (κ2) is 7.46. The number of halogens is 3. The molecule has 2 aromatic carbocycles. The van der Waals surface area contributed by atoms with Gasteiger partial charge in [0, 0.05) is 5.69 Å². The molecule has 0 atom stereocenters. The average Bonchev–Trinajstić information content (AvgIpc) is 2.53. The minimum atomic E-state index is -4.43. The molecule has 0 heterocycles. The molecule has 0 radical (unpaired) electrons. The van der Waals surface area contributed by atoms with Crippen molar-refractivity contribution in [3.05, 3.63) is 53.1 Å². The molecule has 2 rings (SSSR count). The monoisotopic (exact) mass is 352 g/mol. The lowest BCUT2D eigenvalue weighted by molar-refractivity contribution is -0.138. The Morgan fingerprint density at radius 1 is 1.12 bits per heavy atom. The summed E-state index contributed by atoms with van der Waals surface area (Å²) in [5.74, 6) is 0.117. The van der Waals surface area contributed by atoms with Crippen molar-refractivity contribution in [3.8, 4) is 5.75 Å². The van der Waals surface area contributed by atoms with Crippen molar-refractivity contribution in [2.45, 2.75) is 20.0 Å². The highest BCUT2D eigenvalue weighted by Crippen LogP contribution is 2.33. The number of nitrogens with one attached hydrogen (secondary N) is 2. The van der Waals surface area contributed by atoms with Crippen LogP contribution in [-0.2, 0) is 11.0 Å². The Kier molecular flexibility index (Phi) is 5.56. The van der Waals surface area contributed by atoms with Crippen LogP contribution < -0.4 is 15.4 Å². The zero-order valence-corrected chi connectivity index (χ0v) is 14.1. The van der Waals surface area contributed by atoms with E-state index in [2.05, 4.69) is 10.6 Å². The molecule has 1 amide bonds. The van der Waals surface area contributed by atoms with Gasteiger partial charge in [0.15, 0.2) is 0 Å². The predicted molar refractivity (Wildman–Crippen MR) is 91.0 cm³/mol. The van der Waals surface area contributed by atoms with Crippen LogP contribution in [0.5, 0.6) is 5.75 Å². The van der Waals surface area contributed by atoms with Crippen LogP contribution in [0, 0.1) is 13.8 Å². The summed E-state index contributed by atoms with van der Waals surface area (Å²) in [7, 11) is 1.49. The fraction of sp³-hybridized carbons (Fsp3) is 0.278. The van der Waals surface area contributed by atoms with Gasteiger partial charge in [-0.3, -0.25) is 4.79 Å². The van der Waals surface area contributed by atoms with Crippen LogP contribution in [0.4, 0.5) is 24.5 Å². The first-order valence-electron chi connectivity index (χ1n) is 7.57. The summed E-state index contributed by atoms with van der Waals surface area (Å²) >= 11 is 0. The van der Waals surface area contributed by atoms with E-state index in [1.807, 2.05) is 13.0 Å². The van der Waals surface area contributed by atoms with Crippen molar-refractivity contribution in [1.29, 1.82) is 0 Å². The third-order valence-corrected chi connectivity index (χ3v) is 3.63. The zero-order chi connectivity index (χ0) is 18.6. The third kappa shape index (κ3) is 4.89. The Hall–Kier alpha value is -2.70. The molecule has 2 N–H and O–H groups in total. The molecule has 0 bridgehead atoms. The minimum Gasteiger partial charge on any atom is -0.495 e. The van der Waals surface area contributed by atoms with Crippen molar-refractivity contribution in [3.63, 3.8) is 0 Å². The number of carbonyl (C=O) groups excluding carboxylic acids is 1. The maximum atomic E-state index is 12.9. The first-order chi connectivity index (χ1) is 11.7. The van der Waals surface area contributed by atoms with E-state index < -0.39 is 17.6 Å². The van der Waals surface area contributed by atoms with Gasteiger partial charge >= 0.3 is 6.18 Å². The number of benzene rings is 2. The highest BCUT2D eigenvalue weighted by molar-refractivity contribution is 5.95. The molecule has 7 heteroatoms. The van der Waals surface area contributed by atoms with Gasteiger partial charge in [0.05, 0.1) is 24.9 Å². The van der Waals surface area contributed by atoms with Crippen molar-refractivity contribution in [1.82, 2.24) is 0 Å². The molecular weight excluding hydrogens is 333 g/mol. The molecule has 0 saturated carbocycles. The molecule has 4 nitrogen and oxygen atoms in total. The van der Waals surface area contributed by atoms with E-state index in [0.29, 0.717) is 11.4 Å². The molecule has 2 aromatic rings. The van der Waals surface area contributed by atoms with Gasteiger partial charge in [-0.25, -0.2) is 0 Å². The molecule has 0 unspecified atom stereocenters. The zero-order valence-electron chi connectivity index (χ0n) is 14.1. The first kappa shape index (κ1) is 18.6. The SMILES string of the molecule is COc1ccc(C)cc1NC(=O)CNc1ccc(C)c(C(F)(F)F)c1. The normalized spacial score (nSPS) is 11.1. The summed E-state index contributed by atoms with van der Waals surface area (Å²) in [6.45, 7) is 3.10. The van der Waals surface area contributed by atoms with Gasteiger partial charge in [-0.15, -0.1) is 0 Å². The van der Waals surface area contributed by atoms with Gasteiger partial charge in [0.1, 0.15) is 5.75 Å². The molecule has 0 spiro atoms. The number of alkyl halides is 3. The van der Waals surface area contributed by atoms with Gasteiger partial charge in [-0.2, -0.15) is 13.2 Å². The van der Waals surface area contributed by atoms with Crippen molar-refractivity contribution < 1.29 is 22.7 Å². The summed E-state index contributed by atoms with van der Waals surface area (Å²) < 4.78 is 43.9. The average molecular weight is 352 g/mol. The van der Waals surface area contributed by atoms with Gasteiger partial charge < -0.3 is 15.4 Å². The van der Waals surface area contributed by atoms with Crippen LogP contribution in [-0.4, -0.2) is 19.6 Å². The Labute approximate surface area is 144 Å². The summed E-state index contributed by atoms with van der Waals surface area (Å²) in [5.41, 5.74) is 1.08. The number of aryl methyl sites for hydroxylation is 2. The number of rotatable bonds is 5. The van der Waals surface area contributed by atoms with E-state index in [1.165, 1.54) is 26.2 Å². The van der Waals surface area contributed by atoms with Crippen molar-refractivity contribution in [2.75, 3.05) is 24.3 Å². The second-order valence-electron chi connectivity index (χ2n) is 5.63. The van der Waals surface area contributed by atoms with E-state index in [0.717, 1.165) is 11.6 Å². The second-order valence-corrected chi connectivity index (χ2v) is 5.63. The van der Waals surface area contributed by atoms with Crippen LogP contribution in [0.25, 0.3) is 0 Å². The molecular formula is C18H19F3N2O2. The summed E-state index contributed by atoms with van der Waals surface area (Å²) in [5, 5.41) is 5.38. The van der Waals surface area contributed by atoms with E-state index in [4.69, 9.17) is 4.74 Å². The minimum absolute atomic E-state index is 0.131. The fourth-order valence-electron chi connectivity index (χ4n) is 2.33. The largest absolute Gasteiger partial charge is 0.495 e. The number of ether oxygens (including phenoxy) is 1. The molecule has 0 fully saturated rings. The topological polar surface area (TPSA) is 50.4 Å². The standard InChI is InChI=1S/C18H19F3N2O2/c1-11-4-7-16(25-3)15(8-11)23-17(24)10-22-13-6-5-12(2)14(9-13)18(19,20)21/h4-9,22H,10H2,1-3H3,(H,23,24). The molecule has 0 aliphatic heterocycles. The predicted octanol–water partition coefficient (Wildman–Crippen LogP) is 4.38. The van der Waals surface area contributed by atoms with Gasteiger partial charge in [-0.05, 0) is 49.2 Å². The number of carbonyl (C=O) groups is 1. The number of hydrogen-bond acceptors (Lipinski definition) is 3. The number of hydrogen-bond donors (Lipinski definition) is 2. The highest BCUT2D eigenvalue weighted by atomic mass is 19.4. The van der Waals surface area contributed by atoms with Crippen molar-refractivity contribution >= 4 is 17.3 Å². The summed E-state index contributed by atoms with van der Waals surface area (Å²) in [6, 6.07) is 9.20. The lowest BCUT2D eigenvalue weighted by atomic mass is 10.1.